The molecule has 2 N–H and O–H groups in total. The predicted molar refractivity (Wildman–Crippen MR) is 89.5 cm³/mol. The number of carbonyl (C=O) groups is 1. The molecule has 1 amide bonds. The van der Waals surface area contributed by atoms with Crippen LogP contribution >= 0.6 is 0 Å². The summed E-state index contributed by atoms with van der Waals surface area (Å²) in [6.45, 7) is 7.64. The van der Waals surface area contributed by atoms with Crippen LogP contribution in [0.2, 0.25) is 0 Å². The zero-order valence-electron chi connectivity index (χ0n) is 14.1. The fourth-order valence-corrected chi connectivity index (χ4v) is 2.21. The van der Waals surface area contributed by atoms with E-state index in [2.05, 4.69) is 13.8 Å². The number of primary amides is 1. The smallest absolute Gasteiger partial charge is 0.218 e. The number of unbranched alkanes of at least 4 members (excludes halogenated alkanes) is 2. The van der Waals surface area contributed by atoms with Crippen molar-refractivity contribution in [1.29, 1.82) is 0 Å². The molecule has 1 atom stereocenters. The summed E-state index contributed by atoms with van der Waals surface area (Å²) in [7, 11) is 0. The van der Waals surface area contributed by atoms with E-state index in [0.29, 0.717) is 19.6 Å². The Labute approximate surface area is 134 Å². The van der Waals surface area contributed by atoms with Gasteiger partial charge in [0.1, 0.15) is 11.5 Å². The van der Waals surface area contributed by atoms with E-state index in [0.717, 1.165) is 42.7 Å². The van der Waals surface area contributed by atoms with E-state index in [1.807, 2.05) is 25.1 Å². The lowest BCUT2D eigenvalue weighted by Gasteiger charge is -2.17. The molecule has 0 aromatic heterocycles. The largest absolute Gasteiger partial charge is 0.493 e. The quantitative estimate of drug-likeness (QED) is 0.628. The van der Waals surface area contributed by atoms with Gasteiger partial charge in [0.2, 0.25) is 5.91 Å². The Kier molecular flexibility index (Phi) is 8.41. The van der Waals surface area contributed by atoms with Crippen molar-refractivity contribution in [3.05, 3.63) is 23.8 Å². The van der Waals surface area contributed by atoms with Gasteiger partial charge < -0.3 is 15.2 Å². The third-order valence-corrected chi connectivity index (χ3v) is 3.55. The molecule has 1 rings (SSSR count). The van der Waals surface area contributed by atoms with E-state index in [1.54, 1.807) is 0 Å². The van der Waals surface area contributed by atoms with Crippen LogP contribution in [0.4, 0.5) is 0 Å². The topological polar surface area (TPSA) is 61.5 Å². The van der Waals surface area contributed by atoms with Gasteiger partial charge >= 0.3 is 0 Å². The molecule has 0 fully saturated rings. The van der Waals surface area contributed by atoms with E-state index in [9.17, 15) is 4.79 Å². The molecule has 0 spiro atoms. The Bertz CT molecular complexity index is 460. The summed E-state index contributed by atoms with van der Waals surface area (Å²) in [5, 5.41) is 0. The molecule has 0 bridgehead atoms. The molecule has 1 aromatic carbocycles. The van der Waals surface area contributed by atoms with Gasteiger partial charge in [0.15, 0.2) is 0 Å². The SMILES string of the molecule is CCCCOc1ccc(C(C)CC(N)=O)c(OCCCC)c1. The van der Waals surface area contributed by atoms with Crippen LogP contribution in [0.1, 0.15) is 64.4 Å². The monoisotopic (exact) mass is 307 g/mol. The van der Waals surface area contributed by atoms with Gasteiger partial charge in [-0.1, -0.05) is 39.7 Å². The summed E-state index contributed by atoms with van der Waals surface area (Å²) in [4.78, 5) is 11.2. The molecule has 0 saturated carbocycles. The van der Waals surface area contributed by atoms with Gasteiger partial charge in [-0.15, -0.1) is 0 Å². The Morgan fingerprint density at radius 1 is 1.14 bits per heavy atom. The zero-order chi connectivity index (χ0) is 16.4. The molecule has 0 radical (unpaired) electrons. The van der Waals surface area contributed by atoms with Gasteiger partial charge in [0.05, 0.1) is 13.2 Å². The third kappa shape index (κ3) is 6.37. The summed E-state index contributed by atoms with van der Waals surface area (Å²) in [6, 6.07) is 5.85. The summed E-state index contributed by atoms with van der Waals surface area (Å²) in [5.74, 6) is 1.36. The Hall–Kier alpha value is -1.71. The molecule has 0 aliphatic heterocycles. The first kappa shape index (κ1) is 18.3. The molecule has 0 aliphatic rings. The van der Waals surface area contributed by atoms with Crippen molar-refractivity contribution in [2.24, 2.45) is 5.73 Å². The second-order valence-corrected chi connectivity index (χ2v) is 5.68. The summed E-state index contributed by atoms with van der Waals surface area (Å²) in [6.07, 6.45) is 4.54. The highest BCUT2D eigenvalue weighted by atomic mass is 16.5. The van der Waals surface area contributed by atoms with Crippen molar-refractivity contribution in [1.82, 2.24) is 0 Å². The third-order valence-electron chi connectivity index (χ3n) is 3.55. The number of rotatable bonds is 11. The highest BCUT2D eigenvalue weighted by Gasteiger charge is 2.15. The standard InChI is InChI=1S/C18H29NO3/c1-4-6-10-21-15-8-9-16(14(3)12-18(19)20)17(13-15)22-11-7-5-2/h8-9,13-14H,4-7,10-12H2,1-3H3,(H2,19,20). The normalized spacial score (nSPS) is 12.0. The van der Waals surface area contributed by atoms with Crippen molar-refractivity contribution < 1.29 is 14.3 Å². The molecule has 0 saturated heterocycles. The second kappa shape index (κ2) is 10.1. The number of ether oxygens (including phenoxy) is 2. The Morgan fingerprint density at radius 3 is 2.36 bits per heavy atom. The van der Waals surface area contributed by atoms with Crippen LogP contribution in [0.15, 0.2) is 18.2 Å². The maximum absolute atomic E-state index is 11.2. The molecular formula is C18H29NO3. The molecular weight excluding hydrogens is 278 g/mol. The molecule has 22 heavy (non-hydrogen) atoms. The van der Waals surface area contributed by atoms with Gasteiger partial charge in [-0.3, -0.25) is 4.79 Å². The lowest BCUT2D eigenvalue weighted by atomic mass is 9.96. The summed E-state index contributed by atoms with van der Waals surface area (Å²) in [5.41, 5.74) is 6.32. The van der Waals surface area contributed by atoms with Crippen LogP contribution in [-0.4, -0.2) is 19.1 Å². The average Bonchev–Trinajstić information content (AvgIpc) is 2.47. The van der Waals surface area contributed by atoms with Crippen LogP contribution < -0.4 is 15.2 Å². The van der Waals surface area contributed by atoms with E-state index >= 15 is 0 Å². The molecule has 0 heterocycles. The van der Waals surface area contributed by atoms with Crippen LogP contribution in [0.25, 0.3) is 0 Å². The minimum Gasteiger partial charge on any atom is -0.493 e. The number of amides is 1. The second-order valence-electron chi connectivity index (χ2n) is 5.68. The number of benzene rings is 1. The number of nitrogens with two attached hydrogens (primary N) is 1. The van der Waals surface area contributed by atoms with Crippen molar-refractivity contribution >= 4 is 5.91 Å². The Morgan fingerprint density at radius 2 is 1.77 bits per heavy atom. The van der Waals surface area contributed by atoms with Crippen molar-refractivity contribution in [2.45, 2.75) is 58.8 Å². The van der Waals surface area contributed by atoms with Gasteiger partial charge in [-0.25, -0.2) is 0 Å². The van der Waals surface area contributed by atoms with Gasteiger partial charge in [0, 0.05) is 12.5 Å². The predicted octanol–water partition coefficient (Wildman–Crippen LogP) is 4.02. The molecule has 124 valence electrons. The van der Waals surface area contributed by atoms with E-state index in [4.69, 9.17) is 15.2 Å². The van der Waals surface area contributed by atoms with Crippen molar-refractivity contribution in [2.75, 3.05) is 13.2 Å². The van der Waals surface area contributed by atoms with E-state index in [-0.39, 0.29) is 11.8 Å². The molecule has 0 aliphatic carbocycles. The lowest BCUT2D eigenvalue weighted by molar-refractivity contribution is -0.118. The average molecular weight is 307 g/mol. The van der Waals surface area contributed by atoms with Crippen molar-refractivity contribution in [3.8, 4) is 11.5 Å². The molecule has 4 nitrogen and oxygen atoms in total. The fraction of sp³-hybridized carbons (Fsp3) is 0.611. The highest BCUT2D eigenvalue weighted by molar-refractivity contribution is 5.74. The first-order valence-electron chi connectivity index (χ1n) is 8.26. The van der Waals surface area contributed by atoms with Crippen LogP contribution in [0, 0.1) is 0 Å². The molecule has 4 heteroatoms. The lowest BCUT2D eigenvalue weighted by Crippen LogP contribution is -2.14. The number of carbonyl (C=O) groups excluding carboxylic acids is 1. The van der Waals surface area contributed by atoms with E-state index < -0.39 is 0 Å². The minimum absolute atomic E-state index is 0.0406. The van der Waals surface area contributed by atoms with Crippen LogP contribution in [0.3, 0.4) is 0 Å². The maximum atomic E-state index is 11.2. The summed E-state index contributed by atoms with van der Waals surface area (Å²) < 4.78 is 11.6. The zero-order valence-corrected chi connectivity index (χ0v) is 14.1. The fourth-order valence-electron chi connectivity index (χ4n) is 2.21. The highest BCUT2D eigenvalue weighted by Crippen LogP contribution is 2.32. The van der Waals surface area contributed by atoms with E-state index in [1.165, 1.54) is 0 Å². The summed E-state index contributed by atoms with van der Waals surface area (Å²) >= 11 is 0. The van der Waals surface area contributed by atoms with Gasteiger partial charge in [0.25, 0.3) is 0 Å². The molecule has 1 unspecified atom stereocenters. The van der Waals surface area contributed by atoms with Crippen LogP contribution in [0.5, 0.6) is 11.5 Å². The molecule has 1 aromatic rings. The Balaban J connectivity index is 2.85. The van der Waals surface area contributed by atoms with Gasteiger partial charge in [-0.05, 0) is 30.4 Å². The number of hydrogen-bond donors (Lipinski definition) is 1. The number of hydrogen-bond acceptors (Lipinski definition) is 3. The van der Waals surface area contributed by atoms with Gasteiger partial charge in [-0.2, -0.15) is 0 Å². The maximum Gasteiger partial charge on any atom is 0.218 e. The first-order chi connectivity index (χ1) is 10.6. The van der Waals surface area contributed by atoms with Crippen LogP contribution in [-0.2, 0) is 4.79 Å². The first-order valence-corrected chi connectivity index (χ1v) is 8.26. The van der Waals surface area contributed by atoms with Crippen molar-refractivity contribution in [3.63, 3.8) is 0 Å². The minimum atomic E-state index is -0.296.